The molecule has 8 aromatic rings. The van der Waals surface area contributed by atoms with Crippen LogP contribution in [0, 0.1) is 0 Å². The first-order chi connectivity index (χ1) is 22.0. The van der Waals surface area contributed by atoms with E-state index in [-0.39, 0.29) is 5.41 Å². The molecule has 0 saturated carbocycles. The molecule has 9 rings (SSSR count). The fourth-order valence-electron chi connectivity index (χ4n) is 7.52. The van der Waals surface area contributed by atoms with Crippen LogP contribution in [-0.2, 0) is 5.41 Å². The number of rotatable bonds is 3. The summed E-state index contributed by atoms with van der Waals surface area (Å²) in [5.41, 5.74) is 13.0. The fourth-order valence-corrected chi connectivity index (χ4v) is 7.52. The Morgan fingerprint density at radius 3 is 1.49 bits per heavy atom. The van der Waals surface area contributed by atoms with Gasteiger partial charge in [0.2, 0.25) is 0 Å². The van der Waals surface area contributed by atoms with Crippen LogP contribution in [0.25, 0.3) is 76.8 Å². The summed E-state index contributed by atoms with van der Waals surface area (Å²) < 4.78 is 0. The first kappa shape index (κ1) is 26.0. The SMILES string of the molecule is CC1(C)c2ccccc2-c2cc3ccc4ccc(-c5ccc(-c6ccc7cc(-c8ccccc8)ccc7c6)cc5)cc4c3cc21. The molecule has 0 heterocycles. The molecule has 0 amide bonds. The Labute approximate surface area is 264 Å². The van der Waals surface area contributed by atoms with Crippen molar-refractivity contribution in [2.75, 3.05) is 0 Å². The average Bonchev–Trinajstić information content (AvgIpc) is 3.32. The Hall–Kier alpha value is -5.46. The third-order valence-electron chi connectivity index (χ3n) is 10.0. The van der Waals surface area contributed by atoms with E-state index in [0.29, 0.717) is 0 Å². The van der Waals surface area contributed by atoms with Gasteiger partial charge in [0.1, 0.15) is 0 Å². The zero-order chi connectivity index (χ0) is 30.1. The highest BCUT2D eigenvalue weighted by Crippen LogP contribution is 2.50. The summed E-state index contributed by atoms with van der Waals surface area (Å²) in [6.45, 7) is 4.72. The molecule has 1 aliphatic rings. The predicted molar refractivity (Wildman–Crippen MR) is 193 cm³/mol. The van der Waals surface area contributed by atoms with Crippen LogP contribution in [0.5, 0.6) is 0 Å². The van der Waals surface area contributed by atoms with Crippen molar-refractivity contribution in [3.8, 4) is 44.5 Å². The molecule has 0 saturated heterocycles. The molecule has 0 bridgehead atoms. The van der Waals surface area contributed by atoms with Gasteiger partial charge >= 0.3 is 0 Å². The molecule has 212 valence electrons. The molecule has 8 aromatic carbocycles. The number of fused-ring (bicyclic) bond motifs is 7. The van der Waals surface area contributed by atoms with Crippen LogP contribution >= 0.6 is 0 Å². The van der Waals surface area contributed by atoms with E-state index in [4.69, 9.17) is 0 Å². The average molecular weight is 573 g/mol. The molecular formula is C45H32. The maximum atomic E-state index is 2.46. The van der Waals surface area contributed by atoms with Gasteiger partial charge in [-0.1, -0.05) is 141 Å². The van der Waals surface area contributed by atoms with Crippen molar-refractivity contribution in [3.63, 3.8) is 0 Å². The summed E-state index contributed by atoms with van der Waals surface area (Å²) in [4.78, 5) is 0. The van der Waals surface area contributed by atoms with Crippen LogP contribution in [0.2, 0.25) is 0 Å². The zero-order valence-corrected chi connectivity index (χ0v) is 25.5. The molecule has 0 aliphatic heterocycles. The third kappa shape index (κ3) is 4.14. The van der Waals surface area contributed by atoms with Crippen molar-refractivity contribution in [1.29, 1.82) is 0 Å². The van der Waals surface area contributed by atoms with Gasteiger partial charge in [0, 0.05) is 5.41 Å². The highest BCUT2D eigenvalue weighted by molar-refractivity contribution is 6.11. The lowest BCUT2D eigenvalue weighted by Crippen LogP contribution is -2.14. The van der Waals surface area contributed by atoms with Gasteiger partial charge in [0.05, 0.1) is 0 Å². The van der Waals surface area contributed by atoms with Crippen LogP contribution < -0.4 is 0 Å². The van der Waals surface area contributed by atoms with Crippen molar-refractivity contribution in [3.05, 3.63) is 169 Å². The molecule has 0 heteroatoms. The van der Waals surface area contributed by atoms with Gasteiger partial charge in [-0.05, 0) is 118 Å². The molecule has 1 aliphatic carbocycles. The molecule has 0 atom stereocenters. The second-order valence-electron chi connectivity index (χ2n) is 13.0. The summed E-state index contributed by atoms with van der Waals surface area (Å²) in [5, 5.41) is 7.75. The van der Waals surface area contributed by atoms with Crippen molar-refractivity contribution < 1.29 is 0 Å². The predicted octanol–water partition coefficient (Wildman–Crippen LogP) is 12.5. The smallest absolute Gasteiger partial charge is 0.0159 e. The summed E-state index contributed by atoms with van der Waals surface area (Å²) in [6.07, 6.45) is 0. The second-order valence-corrected chi connectivity index (χ2v) is 13.0. The normalized spacial score (nSPS) is 13.3. The van der Waals surface area contributed by atoms with Gasteiger partial charge in [-0.2, -0.15) is 0 Å². The van der Waals surface area contributed by atoms with Gasteiger partial charge in [0.25, 0.3) is 0 Å². The van der Waals surface area contributed by atoms with Crippen molar-refractivity contribution >= 4 is 32.3 Å². The second kappa shape index (κ2) is 9.78. The van der Waals surface area contributed by atoms with Crippen LogP contribution in [0.15, 0.2) is 158 Å². The maximum Gasteiger partial charge on any atom is 0.0159 e. The van der Waals surface area contributed by atoms with E-state index in [1.165, 1.54) is 88.0 Å². The minimum Gasteiger partial charge on any atom is -0.0622 e. The molecule has 0 N–H and O–H groups in total. The summed E-state index contributed by atoms with van der Waals surface area (Å²) in [7, 11) is 0. The highest BCUT2D eigenvalue weighted by Gasteiger charge is 2.35. The van der Waals surface area contributed by atoms with Crippen LogP contribution in [0.1, 0.15) is 25.0 Å². The molecule has 0 aromatic heterocycles. The van der Waals surface area contributed by atoms with E-state index in [2.05, 4.69) is 172 Å². The van der Waals surface area contributed by atoms with E-state index >= 15 is 0 Å². The minimum atomic E-state index is -0.0112. The van der Waals surface area contributed by atoms with E-state index in [1.54, 1.807) is 0 Å². The summed E-state index contributed by atoms with van der Waals surface area (Å²) in [5.74, 6) is 0. The fraction of sp³-hybridized carbons (Fsp3) is 0.0667. The van der Waals surface area contributed by atoms with Gasteiger partial charge < -0.3 is 0 Å². The minimum absolute atomic E-state index is 0.0112. The number of benzene rings is 8. The first-order valence-electron chi connectivity index (χ1n) is 15.8. The Kier molecular flexibility index (Phi) is 5.64. The molecule has 0 unspecified atom stereocenters. The first-order valence-corrected chi connectivity index (χ1v) is 15.8. The largest absolute Gasteiger partial charge is 0.0622 e. The Bertz CT molecular complexity index is 2430. The quantitative estimate of drug-likeness (QED) is 0.185. The molecule has 0 nitrogen and oxygen atoms in total. The number of hydrogen-bond acceptors (Lipinski definition) is 0. The Morgan fingerprint density at radius 2 is 0.800 bits per heavy atom. The molecule has 0 radical (unpaired) electrons. The van der Waals surface area contributed by atoms with E-state index < -0.39 is 0 Å². The Morgan fingerprint density at radius 1 is 0.311 bits per heavy atom. The lowest BCUT2D eigenvalue weighted by atomic mass is 9.81. The van der Waals surface area contributed by atoms with Crippen molar-refractivity contribution in [2.24, 2.45) is 0 Å². The molecule has 0 spiro atoms. The number of hydrogen-bond donors (Lipinski definition) is 0. The third-order valence-corrected chi connectivity index (χ3v) is 10.0. The van der Waals surface area contributed by atoms with Gasteiger partial charge in [-0.25, -0.2) is 0 Å². The van der Waals surface area contributed by atoms with Crippen molar-refractivity contribution in [1.82, 2.24) is 0 Å². The monoisotopic (exact) mass is 572 g/mol. The molecular weight excluding hydrogens is 540 g/mol. The van der Waals surface area contributed by atoms with Crippen LogP contribution in [0.4, 0.5) is 0 Å². The lowest BCUT2D eigenvalue weighted by molar-refractivity contribution is 0.661. The van der Waals surface area contributed by atoms with Crippen molar-refractivity contribution in [2.45, 2.75) is 19.3 Å². The van der Waals surface area contributed by atoms with Gasteiger partial charge in [0.15, 0.2) is 0 Å². The van der Waals surface area contributed by atoms with E-state index in [9.17, 15) is 0 Å². The standard InChI is InChI=1S/C45H32/c1-45(2)43-11-7-6-10-39(43)42-27-38-23-17-32-16-18-37(26-40(32)41(38)28-44(42)45)31-14-12-30(13-15-31)34-20-22-35-24-33(19-21-36(35)25-34)29-8-4-3-5-9-29/h3-28H,1-2H3. The summed E-state index contributed by atoms with van der Waals surface area (Å²) in [6, 6.07) is 58.4. The lowest BCUT2D eigenvalue weighted by Gasteiger charge is -2.22. The Balaban J connectivity index is 1.07. The van der Waals surface area contributed by atoms with E-state index in [1.807, 2.05) is 0 Å². The molecule has 0 fully saturated rings. The summed E-state index contributed by atoms with van der Waals surface area (Å²) >= 11 is 0. The maximum absolute atomic E-state index is 2.46. The molecule has 45 heavy (non-hydrogen) atoms. The van der Waals surface area contributed by atoms with Crippen LogP contribution in [0.3, 0.4) is 0 Å². The van der Waals surface area contributed by atoms with Crippen LogP contribution in [-0.4, -0.2) is 0 Å². The van der Waals surface area contributed by atoms with Gasteiger partial charge in [-0.3, -0.25) is 0 Å². The van der Waals surface area contributed by atoms with E-state index in [0.717, 1.165) is 0 Å². The zero-order valence-electron chi connectivity index (χ0n) is 25.5. The highest BCUT2D eigenvalue weighted by atomic mass is 14.4. The van der Waals surface area contributed by atoms with Gasteiger partial charge in [-0.15, -0.1) is 0 Å². The topological polar surface area (TPSA) is 0 Å².